The molecule has 0 fully saturated rings. The van der Waals surface area contributed by atoms with Crippen LogP contribution in [0.25, 0.3) is 22.4 Å². The lowest BCUT2D eigenvalue weighted by Gasteiger charge is -2.12. The van der Waals surface area contributed by atoms with Crippen LogP contribution in [-0.4, -0.2) is 4.98 Å². The number of nitrogens with zero attached hydrogens (tertiary/aromatic N) is 2. The molecular weight excluding hydrogens is 381 g/mol. The van der Waals surface area contributed by atoms with Crippen LogP contribution in [-0.2, 0) is 0 Å². The summed E-state index contributed by atoms with van der Waals surface area (Å²) in [4.78, 5) is 4.34. The van der Waals surface area contributed by atoms with Gasteiger partial charge in [0.1, 0.15) is 23.3 Å². The normalized spacial score (nSPS) is 10.5. The number of halogens is 2. The number of aromatic nitrogens is 1. The van der Waals surface area contributed by atoms with Crippen LogP contribution in [0.15, 0.2) is 46.9 Å². The zero-order chi connectivity index (χ0) is 18.1. The van der Waals surface area contributed by atoms with Gasteiger partial charge in [-0.1, -0.05) is 28.1 Å². The van der Waals surface area contributed by atoms with E-state index in [0.29, 0.717) is 16.8 Å². The van der Waals surface area contributed by atoms with Gasteiger partial charge in [-0.05, 0) is 55.3 Å². The molecule has 0 amide bonds. The van der Waals surface area contributed by atoms with E-state index < -0.39 is 5.82 Å². The minimum absolute atomic E-state index is 0.0904. The van der Waals surface area contributed by atoms with Crippen LogP contribution < -0.4 is 5.73 Å². The van der Waals surface area contributed by atoms with Crippen LogP contribution in [0.2, 0.25) is 0 Å². The maximum Gasteiger partial charge on any atom is 0.142 e. The van der Waals surface area contributed by atoms with E-state index in [4.69, 9.17) is 5.73 Å². The van der Waals surface area contributed by atoms with Crippen molar-refractivity contribution in [2.75, 3.05) is 5.73 Å². The van der Waals surface area contributed by atoms with Crippen LogP contribution in [0.4, 0.5) is 10.2 Å². The van der Waals surface area contributed by atoms with Crippen molar-refractivity contribution in [3.05, 3.63) is 69.4 Å². The first-order valence-corrected chi connectivity index (χ1v) is 8.43. The van der Waals surface area contributed by atoms with Crippen molar-refractivity contribution in [1.82, 2.24) is 4.98 Å². The molecule has 124 valence electrons. The van der Waals surface area contributed by atoms with Crippen molar-refractivity contribution in [1.29, 1.82) is 5.26 Å². The summed E-state index contributed by atoms with van der Waals surface area (Å²) < 4.78 is 15.1. The number of hydrogen-bond acceptors (Lipinski definition) is 3. The third-order valence-electron chi connectivity index (χ3n) is 4.18. The summed E-state index contributed by atoms with van der Waals surface area (Å²) in [6.45, 7) is 4.04. The van der Waals surface area contributed by atoms with Gasteiger partial charge in [0.25, 0.3) is 0 Å². The fraction of sp³-hybridized carbons (Fsp3) is 0.100. The summed E-state index contributed by atoms with van der Waals surface area (Å²) in [7, 11) is 0. The fourth-order valence-corrected chi connectivity index (χ4v) is 3.01. The number of aryl methyl sites for hydroxylation is 2. The van der Waals surface area contributed by atoms with Crippen LogP contribution in [0, 0.1) is 31.0 Å². The van der Waals surface area contributed by atoms with E-state index in [-0.39, 0.29) is 11.4 Å². The molecule has 1 heterocycles. The molecule has 3 aromatic rings. The molecule has 0 saturated carbocycles. The smallest absolute Gasteiger partial charge is 0.142 e. The van der Waals surface area contributed by atoms with Crippen LogP contribution in [0.3, 0.4) is 0 Å². The lowest BCUT2D eigenvalue weighted by molar-refractivity contribution is 0.631. The molecule has 0 atom stereocenters. The Kier molecular flexibility index (Phi) is 4.56. The monoisotopic (exact) mass is 395 g/mol. The van der Waals surface area contributed by atoms with Gasteiger partial charge < -0.3 is 5.73 Å². The number of nitrogen functional groups attached to an aromatic ring is 1. The van der Waals surface area contributed by atoms with Crippen molar-refractivity contribution in [3.8, 4) is 28.5 Å². The molecule has 2 N–H and O–H groups in total. The van der Waals surface area contributed by atoms with E-state index in [9.17, 15) is 9.65 Å². The Hall–Kier alpha value is -2.71. The summed E-state index contributed by atoms with van der Waals surface area (Å²) >= 11 is 3.34. The molecule has 0 unspecified atom stereocenters. The number of anilines is 1. The summed E-state index contributed by atoms with van der Waals surface area (Å²) in [5.74, 6) is -0.330. The minimum atomic E-state index is -0.420. The summed E-state index contributed by atoms with van der Waals surface area (Å²) in [6, 6.07) is 14.3. The Morgan fingerprint density at radius 3 is 2.48 bits per heavy atom. The molecule has 0 radical (unpaired) electrons. The van der Waals surface area contributed by atoms with Crippen molar-refractivity contribution in [3.63, 3.8) is 0 Å². The number of hydrogen-bond donors (Lipinski definition) is 1. The van der Waals surface area contributed by atoms with Gasteiger partial charge >= 0.3 is 0 Å². The Morgan fingerprint density at radius 1 is 1.04 bits per heavy atom. The number of rotatable bonds is 2. The maximum atomic E-state index is 14.4. The van der Waals surface area contributed by atoms with Crippen LogP contribution in [0.5, 0.6) is 0 Å². The molecule has 0 bridgehead atoms. The highest BCUT2D eigenvalue weighted by Crippen LogP contribution is 2.34. The predicted molar refractivity (Wildman–Crippen MR) is 101 cm³/mol. The van der Waals surface area contributed by atoms with E-state index in [2.05, 4.69) is 20.9 Å². The minimum Gasteiger partial charge on any atom is -0.383 e. The molecule has 1 aromatic heterocycles. The summed E-state index contributed by atoms with van der Waals surface area (Å²) in [5.41, 5.74) is 10.7. The zero-order valence-corrected chi connectivity index (χ0v) is 15.4. The molecule has 0 saturated heterocycles. The Bertz CT molecular complexity index is 1020. The van der Waals surface area contributed by atoms with E-state index >= 15 is 0 Å². The maximum absolute atomic E-state index is 14.4. The number of pyridine rings is 1. The summed E-state index contributed by atoms with van der Waals surface area (Å²) in [5, 5.41) is 9.46. The van der Waals surface area contributed by atoms with Gasteiger partial charge in [-0.3, -0.25) is 0 Å². The highest BCUT2D eigenvalue weighted by atomic mass is 79.9. The predicted octanol–water partition coefficient (Wildman–Crippen LogP) is 5.39. The Morgan fingerprint density at radius 2 is 1.80 bits per heavy atom. The van der Waals surface area contributed by atoms with Gasteiger partial charge in [0, 0.05) is 21.2 Å². The largest absolute Gasteiger partial charge is 0.383 e. The fourth-order valence-electron chi connectivity index (χ4n) is 2.65. The molecule has 25 heavy (non-hydrogen) atoms. The summed E-state index contributed by atoms with van der Waals surface area (Å²) in [6.07, 6.45) is 0. The molecule has 5 heteroatoms. The number of nitrogens with two attached hydrogens (primary N) is 1. The molecular formula is C20H15BrFN3. The van der Waals surface area contributed by atoms with Crippen molar-refractivity contribution >= 4 is 21.7 Å². The standard InChI is InChI=1S/C20H15BrFN3/c1-11-3-4-13(7-12(11)2)19-9-15(17(10-23)20(24)25-19)16-8-14(21)5-6-18(16)22/h3-9H,1-2H3,(H2,24,25). The quantitative estimate of drug-likeness (QED) is 0.632. The van der Waals surface area contributed by atoms with E-state index in [1.807, 2.05) is 38.1 Å². The highest BCUT2D eigenvalue weighted by molar-refractivity contribution is 9.10. The number of benzene rings is 2. The molecule has 0 spiro atoms. The lowest BCUT2D eigenvalue weighted by atomic mass is 9.97. The molecule has 2 aromatic carbocycles. The Balaban J connectivity index is 2.28. The second-order valence-electron chi connectivity index (χ2n) is 5.85. The van der Waals surface area contributed by atoms with Gasteiger partial charge in [0.15, 0.2) is 0 Å². The van der Waals surface area contributed by atoms with E-state index in [1.165, 1.54) is 11.6 Å². The topological polar surface area (TPSA) is 62.7 Å². The second kappa shape index (κ2) is 6.66. The van der Waals surface area contributed by atoms with Gasteiger partial charge in [0.2, 0.25) is 0 Å². The Labute approximate surface area is 154 Å². The SMILES string of the molecule is Cc1ccc(-c2cc(-c3cc(Br)ccc3F)c(C#N)c(N)n2)cc1C. The van der Waals surface area contributed by atoms with Gasteiger partial charge in [-0.2, -0.15) is 5.26 Å². The average Bonchev–Trinajstić information content (AvgIpc) is 2.58. The van der Waals surface area contributed by atoms with E-state index in [1.54, 1.807) is 18.2 Å². The van der Waals surface area contributed by atoms with Crippen molar-refractivity contribution in [2.24, 2.45) is 0 Å². The molecule has 0 aliphatic carbocycles. The third kappa shape index (κ3) is 3.26. The van der Waals surface area contributed by atoms with Gasteiger partial charge in [-0.15, -0.1) is 0 Å². The first kappa shape index (κ1) is 17.1. The van der Waals surface area contributed by atoms with Gasteiger partial charge in [-0.25, -0.2) is 9.37 Å². The van der Waals surface area contributed by atoms with Crippen LogP contribution >= 0.6 is 15.9 Å². The lowest BCUT2D eigenvalue weighted by Crippen LogP contribution is -2.01. The van der Waals surface area contributed by atoms with Crippen molar-refractivity contribution < 1.29 is 4.39 Å². The van der Waals surface area contributed by atoms with Crippen LogP contribution in [0.1, 0.15) is 16.7 Å². The second-order valence-corrected chi connectivity index (χ2v) is 6.77. The first-order chi connectivity index (χ1) is 11.9. The number of nitriles is 1. The average molecular weight is 396 g/mol. The highest BCUT2D eigenvalue weighted by Gasteiger charge is 2.16. The third-order valence-corrected chi connectivity index (χ3v) is 4.67. The molecule has 3 rings (SSSR count). The van der Waals surface area contributed by atoms with Crippen molar-refractivity contribution in [2.45, 2.75) is 13.8 Å². The van der Waals surface area contributed by atoms with E-state index in [0.717, 1.165) is 15.6 Å². The molecule has 0 aliphatic heterocycles. The molecule has 0 aliphatic rings. The first-order valence-electron chi connectivity index (χ1n) is 7.64. The zero-order valence-electron chi connectivity index (χ0n) is 13.8. The van der Waals surface area contributed by atoms with Gasteiger partial charge in [0.05, 0.1) is 5.69 Å². The molecule has 3 nitrogen and oxygen atoms in total.